The summed E-state index contributed by atoms with van der Waals surface area (Å²) in [6, 6.07) is -1.11. The number of rotatable bonds is 6. The van der Waals surface area contributed by atoms with Gasteiger partial charge in [-0.2, -0.15) is 0 Å². The van der Waals surface area contributed by atoms with Crippen LogP contribution in [-0.4, -0.2) is 121 Å². The fourth-order valence-electron chi connectivity index (χ4n) is 10.4. The van der Waals surface area contributed by atoms with Crippen molar-refractivity contribution in [2.75, 3.05) is 27.9 Å². The number of ketones is 3. The van der Waals surface area contributed by atoms with Crippen molar-refractivity contribution in [2.24, 2.45) is 41.4 Å². The topological polar surface area (TPSA) is 175 Å². The molecule has 0 spiro atoms. The molecule has 1 aliphatic carbocycles. The molecule has 15 atom stereocenters. The predicted octanol–water partition coefficient (Wildman–Crippen LogP) is 7.85. The Morgan fingerprint density at radius 2 is 1.56 bits per heavy atom. The van der Waals surface area contributed by atoms with Gasteiger partial charge in [0, 0.05) is 58.5 Å². The Balaban J connectivity index is 1.69. The highest BCUT2D eigenvalue weighted by Crippen LogP contribution is 2.38. The quantitative estimate of drug-likeness (QED) is 0.150. The highest BCUT2D eigenvalue weighted by Gasteiger charge is 2.53. The molecule has 1 amide bonds. The zero-order valence-electron chi connectivity index (χ0n) is 41.9. The third-order valence-electron chi connectivity index (χ3n) is 15.2. The van der Waals surface area contributed by atoms with Crippen LogP contribution < -0.4 is 0 Å². The SMILES string of the molecule is CO[C@H]1C[C@@H]2CC[C@@H](C)[C@@](O)(O2)C(=O)C(=O)N2CCCC[C@H]2C(=O)O[C@H]([C@H](C)C[C@@H]2CC[C@H](C)[C@H](OC)C2)CC(=O)[C@H](C)/C=C(\C)[C@@H](O)[C@@H](OC)C(=O)[C@H](C)CC[C@H](C)/C=C/C=C/C=C/1C. The van der Waals surface area contributed by atoms with Gasteiger partial charge in [0.05, 0.1) is 18.3 Å². The molecule has 0 aromatic heterocycles. The van der Waals surface area contributed by atoms with E-state index < -0.39 is 71.8 Å². The Bertz CT molecular complexity index is 1770. The normalized spacial score (nSPS) is 40.2. The van der Waals surface area contributed by atoms with Crippen molar-refractivity contribution in [1.82, 2.24) is 4.90 Å². The Morgan fingerprint density at radius 3 is 2.24 bits per heavy atom. The van der Waals surface area contributed by atoms with Gasteiger partial charge >= 0.3 is 5.97 Å². The van der Waals surface area contributed by atoms with Crippen molar-refractivity contribution in [3.63, 3.8) is 0 Å². The van der Waals surface area contributed by atoms with Crippen LogP contribution in [0.3, 0.4) is 0 Å². The van der Waals surface area contributed by atoms with Gasteiger partial charge in [-0.05, 0) is 119 Å². The number of nitrogens with zero attached hydrogens (tertiary/aromatic N) is 1. The van der Waals surface area contributed by atoms with Crippen molar-refractivity contribution in [3.05, 3.63) is 47.6 Å². The molecular formula is C53H83NO12. The van der Waals surface area contributed by atoms with Gasteiger partial charge in [-0.1, -0.05) is 78.0 Å². The number of ether oxygens (including phenoxy) is 5. The summed E-state index contributed by atoms with van der Waals surface area (Å²) < 4.78 is 29.7. The van der Waals surface area contributed by atoms with Crippen molar-refractivity contribution >= 4 is 29.2 Å². The molecule has 0 unspecified atom stereocenters. The lowest BCUT2D eigenvalue weighted by atomic mass is 9.76. The third-order valence-corrected chi connectivity index (χ3v) is 15.2. The average Bonchev–Trinajstić information content (AvgIpc) is 3.30. The van der Waals surface area contributed by atoms with Crippen LogP contribution in [0.5, 0.6) is 0 Å². The molecule has 0 aromatic rings. The lowest BCUT2D eigenvalue weighted by molar-refractivity contribution is -0.265. The van der Waals surface area contributed by atoms with E-state index in [2.05, 4.69) is 19.9 Å². The fourth-order valence-corrected chi connectivity index (χ4v) is 10.4. The van der Waals surface area contributed by atoms with E-state index in [-0.39, 0.29) is 60.7 Å². The number of amides is 1. The van der Waals surface area contributed by atoms with Gasteiger partial charge in [0.1, 0.15) is 30.1 Å². The van der Waals surface area contributed by atoms with E-state index in [1.165, 1.54) is 12.0 Å². The summed E-state index contributed by atoms with van der Waals surface area (Å²) in [6.07, 6.45) is 14.7. The molecule has 3 fully saturated rings. The van der Waals surface area contributed by atoms with E-state index in [0.29, 0.717) is 56.4 Å². The van der Waals surface area contributed by atoms with Crippen LogP contribution in [0.4, 0.5) is 0 Å². The lowest BCUT2D eigenvalue weighted by Crippen LogP contribution is -2.61. The highest BCUT2D eigenvalue weighted by molar-refractivity contribution is 6.39. The maximum Gasteiger partial charge on any atom is 0.329 e. The molecular weight excluding hydrogens is 843 g/mol. The molecule has 2 bridgehead atoms. The second kappa shape index (κ2) is 25.9. The first kappa shape index (κ1) is 55.3. The summed E-state index contributed by atoms with van der Waals surface area (Å²) in [5.74, 6) is -6.86. The van der Waals surface area contributed by atoms with E-state index in [9.17, 15) is 34.2 Å². The smallest absolute Gasteiger partial charge is 0.329 e. The van der Waals surface area contributed by atoms with Crippen LogP contribution in [0.1, 0.15) is 139 Å². The maximum atomic E-state index is 14.4. The summed E-state index contributed by atoms with van der Waals surface area (Å²) >= 11 is 0. The van der Waals surface area contributed by atoms with E-state index in [1.54, 1.807) is 41.1 Å². The molecule has 0 radical (unpaired) electrons. The number of esters is 1. The number of piperidine rings is 1. The summed E-state index contributed by atoms with van der Waals surface area (Å²) in [4.78, 5) is 72.0. The number of methoxy groups -OCH3 is 3. The molecule has 4 aliphatic rings. The molecule has 2 saturated heterocycles. The van der Waals surface area contributed by atoms with Gasteiger partial charge < -0.3 is 38.8 Å². The molecule has 3 aliphatic heterocycles. The minimum atomic E-state index is -2.41. The fraction of sp³-hybridized carbons (Fsp3) is 0.755. The Kier molecular flexibility index (Phi) is 21.7. The molecule has 2 N–H and O–H groups in total. The number of allylic oxidation sites excluding steroid dienone is 6. The van der Waals surface area contributed by atoms with E-state index in [1.807, 2.05) is 45.1 Å². The number of Topliss-reactive ketones (excluding diaryl/α,β-unsaturated/α-hetero) is 3. The molecule has 66 heavy (non-hydrogen) atoms. The molecule has 13 heteroatoms. The largest absolute Gasteiger partial charge is 0.460 e. The minimum absolute atomic E-state index is 0.102. The van der Waals surface area contributed by atoms with Gasteiger partial charge in [0.2, 0.25) is 5.79 Å². The van der Waals surface area contributed by atoms with Gasteiger partial charge in [-0.3, -0.25) is 19.2 Å². The number of aliphatic hydroxyl groups is 2. The zero-order chi connectivity index (χ0) is 48.9. The van der Waals surface area contributed by atoms with Gasteiger partial charge in [-0.25, -0.2) is 4.79 Å². The monoisotopic (exact) mass is 926 g/mol. The highest BCUT2D eigenvalue weighted by atomic mass is 16.6. The Morgan fingerprint density at radius 1 is 0.833 bits per heavy atom. The van der Waals surface area contributed by atoms with E-state index in [4.69, 9.17) is 23.7 Å². The number of hydrogen-bond acceptors (Lipinski definition) is 12. The van der Waals surface area contributed by atoms with E-state index in [0.717, 1.165) is 31.3 Å². The maximum absolute atomic E-state index is 14.4. The standard InChI is InChI=1S/C53H83NO12/c1-32-17-13-12-14-18-33(2)45(63-10)30-41-25-23-39(8)53(61,66-41)50(58)51(59)54-26-16-15-19-42(54)52(60)65-46(37(6)28-40-24-22-34(3)44(29-40)62-9)31-43(55)36(5)27-38(7)48(57)49(64-11)47(56)35(4)21-20-32/h12-14,17-18,27,32,34-37,39-42,44-46,48-49,57,61H,15-16,19-26,28-31H2,1-11H3/b14-12+,17-13+,33-18+,38-27+/t32-,34+,35-,36-,37-,39-,40+,41+,42+,44-,45+,46+,48-,49+,53-/m1/s1. The molecule has 1 saturated carbocycles. The summed E-state index contributed by atoms with van der Waals surface area (Å²) in [5.41, 5.74) is 1.32. The summed E-state index contributed by atoms with van der Waals surface area (Å²) in [6.45, 7) is 15.2. The number of carbonyl (C=O) groups is 5. The van der Waals surface area contributed by atoms with Crippen LogP contribution in [0.15, 0.2) is 47.6 Å². The van der Waals surface area contributed by atoms with Crippen molar-refractivity contribution in [3.8, 4) is 0 Å². The molecule has 13 nitrogen and oxygen atoms in total. The number of hydrogen-bond donors (Lipinski definition) is 2. The first-order chi connectivity index (χ1) is 31.2. The average molecular weight is 926 g/mol. The minimum Gasteiger partial charge on any atom is -0.460 e. The van der Waals surface area contributed by atoms with Crippen LogP contribution in [-0.2, 0) is 47.7 Å². The number of aliphatic hydroxyl groups excluding tert-OH is 1. The summed E-state index contributed by atoms with van der Waals surface area (Å²) in [7, 11) is 4.72. The Labute approximate surface area is 395 Å². The third kappa shape index (κ3) is 14.6. The number of fused-ring (bicyclic) bond motifs is 3. The molecule has 4 rings (SSSR count). The van der Waals surface area contributed by atoms with Crippen LogP contribution >= 0.6 is 0 Å². The predicted molar refractivity (Wildman–Crippen MR) is 253 cm³/mol. The van der Waals surface area contributed by atoms with Gasteiger partial charge in [0.25, 0.3) is 11.7 Å². The van der Waals surface area contributed by atoms with Crippen molar-refractivity contribution < 1.29 is 57.9 Å². The van der Waals surface area contributed by atoms with Gasteiger partial charge in [-0.15, -0.1) is 0 Å². The van der Waals surface area contributed by atoms with Crippen LogP contribution in [0.2, 0.25) is 0 Å². The lowest BCUT2D eigenvalue weighted by Gasteiger charge is -2.42. The number of carbonyl (C=O) groups excluding carboxylic acids is 5. The number of cyclic esters (lactones) is 1. The Hall–Kier alpha value is -3.33. The summed E-state index contributed by atoms with van der Waals surface area (Å²) in [5, 5.41) is 23.4. The second-order valence-electron chi connectivity index (χ2n) is 20.3. The molecule has 0 aromatic carbocycles. The van der Waals surface area contributed by atoms with Crippen molar-refractivity contribution in [1.29, 1.82) is 0 Å². The van der Waals surface area contributed by atoms with Crippen LogP contribution in [0.25, 0.3) is 0 Å². The first-order valence-electron chi connectivity index (χ1n) is 24.7. The van der Waals surface area contributed by atoms with Crippen molar-refractivity contribution in [2.45, 2.75) is 187 Å². The van der Waals surface area contributed by atoms with Crippen LogP contribution in [0, 0.1) is 41.4 Å². The van der Waals surface area contributed by atoms with E-state index >= 15 is 0 Å². The zero-order valence-corrected chi connectivity index (χ0v) is 41.9. The first-order valence-corrected chi connectivity index (χ1v) is 24.7. The molecule has 3 heterocycles. The molecule has 372 valence electrons. The van der Waals surface area contributed by atoms with Gasteiger partial charge in [0.15, 0.2) is 5.78 Å². The second-order valence-corrected chi connectivity index (χ2v) is 20.3.